The van der Waals surface area contributed by atoms with E-state index in [4.69, 9.17) is 9.84 Å². The van der Waals surface area contributed by atoms with Gasteiger partial charge in [-0.15, -0.1) is 0 Å². The van der Waals surface area contributed by atoms with Crippen LogP contribution in [0.15, 0.2) is 0 Å². The maximum atomic E-state index is 14.5. The van der Waals surface area contributed by atoms with Crippen LogP contribution in [0.4, 0.5) is 4.39 Å². The van der Waals surface area contributed by atoms with Crippen LogP contribution in [0.3, 0.4) is 0 Å². The van der Waals surface area contributed by atoms with Crippen molar-refractivity contribution in [3.63, 3.8) is 0 Å². The molecule has 15 heavy (non-hydrogen) atoms. The third-order valence-electron chi connectivity index (χ3n) is 4.04. The van der Waals surface area contributed by atoms with Crippen molar-refractivity contribution < 1.29 is 19.0 Å². The van der Waals surface area contributed by atoms with Gasteiger partial charge in [0.25, 0.3) is 0 Å². The predicted octanol–water partition coefficient (Wildman–Crippen LogP) is 0.568. The molecule has 0 radical (unpaired) electrons. The summed E-state index contributed by atoms with van der Waals surface area (Å²) in [6, 6.07) is 0. The van der Waals surface area contributed by atoms with E-state index in [9.17, 15) is 9.18 Å². The minimum atomic E-state index is -2.22. The minimum absolute atomic E-state index is 0.130. The van der Waals surface area contributed by atoms with Crippen molar-refractivity contribution >= 4 is 5.97 Å². The summed E-state index contributed by atoms with van der Waals surface area (Å²) in [6.45, 7) is 4.19. The Morgan fingerprint density at radius 3 is 2.60 bits per heavy atom. The first-order valence-electron chi connectivity index (χ1n) is 5.13. The molecule has 2 aliphatic heterocycles. The minimum Gasteiger partial charge on any atom is -0.479 e. The van der Waals surface area contributed by atoms with Gasteiger partial charge in [0.15, 0.2) is 0 Å². The zero-order chi connectivity index (χ0) is 11.3. The number of aliphatic carboxylic acids is 1. The lowest BCUT2D eigenvalue weighted by Crippen LogP contribution is -2.58. The zero-order valence-electron chi connectivity index (χ0n) is 8.97. The molecular weight excluding hydrogens is 201 g/mol. The number of rotatable bonds is 1. The molecule has 2 saturated heterocycles. The third-order valence-corrected chi connectivity index (χ3v) is 4.04. The van der Waals surface area contributed by atoms with Gasteiger partial charge in [0.05, 0.1) is 11.0 Å². The summed E-state index contributed by atoms with van der Waals surface area (Å²) in [4.78, 5) is 11.1. The summed E-state index contributed by atoms with van der Waals surface area (Å²) in [7, 11) is 0. The predicted molar refractivity (Wildman–Crippen MR) is 51.4 cm³/mol. The highest BCUT2D eigenvalue weighted by atomic mass is 19.1. The largest absolute Gasteiger partial charge is 0.479 e. The smallest absolute Gasteiger partial charge is 0.343 e. The standard InChI is InChI=1S/C10H16FNO3/c1-8(2)9(3-4-15-8)5-12-6-10(9,11)7(13)14/h12H,3-6H2,1-2H3,(H,13,14). The van der Waals surface area contributed by atoms with E-state index in [0.29, 0.717) is 19.6 Å². The Balaban J connectivity index is 2.47. The molecule has 1 spiro atoms. The number of nitrogens with one attached hydrogen (secondary N) is 1. The molecule has 2 atom stereocenters. The fourth-order valence-electron chi connectivity index (χ4n) is 2.93. The van der Waals surface area contributed by atoms with Gasteiger partial charge >= 0.3 is 5.97 Å². The fourth-order valence-corrected chi connectivity index (χ4v) is 2.93. The van der Waals surface area contributed by atoms with E-state index in [1.165, 1.54) is 0 Å². The fraction of sp³-hybridized carbons (Fsp3) is 0.900. The molecule has 2 heterocycles. The summed E-state index contributed by atoms with van der Waals surface area (Å²) >= 11 is 0. The Morgan fingerprint density at radius 1 is 1.47 bits per heavy atom. The Labute approximate surface area is 87.8 Å². The van der Waals surface area contributed by atoms with E-state index >= 15 is 0 Å². The van der Waals surface area contributed by atoms with Crippen molar-refractivity contribution in [2.45, 2.75) is 31.5 Å². The van der Waals surface area contributed by atoms with Crippen LogP contribution in [0.1, 0.15) is 20.3 Å². The van der Waals surface area contributed by atoms with E-state index in [1.54, 1.807) is 13.8 Å². The van der Waals surface area contributed by atoms with Crippen molar-refractivity contribution in [1.29, 1.82) is 0 Å². The second kappa shape index (κ2) is 2.92. The molecule has 0 bridgehead atoms. The van der Waals surface area contributed by atoms with Gasteiger partial charge in [0, 0.05) is 19.7 Å². The van der Waals surface area contributed by atoms with E-state index in [0.717, 1.165) is 0 Å². The molecule has 2 fully saturated rings. The molecule has 4 nitrogen and oxygen atoms in total. The molecule has 2 rings (SSSR count). The second-order valence-electron chi connectivity index (χ2n) is 4.90. The Hall–Kier alpha value is -0.680. The summed E-state index contributed by atoms with van der Waals surface area (Å²) in [6.07, 6.45) is 0.454. The number of ether oxygens (including phenoxy) is 1. The molecule has 0 aliphatic carbocycles. The maximum absolute atomic E-state index is 14.5. The topological polar surface area (TPSA) is 58.6 Å². The molecule has 0 amide bonds. The number of alkyl halides is 1. The molecular formula is C10H16FNO3. The van der Waals surface area contributed by atoms with E-state index in [1.807, 2.05) is 0 Å². The van der Waals surface area contributed by atoms with Crippen molar-refractivity contribution in [2.75, 3.05) is 19.7 Å². The van der Waals surface area contributed by atoms with Crippen LogP contribution in [0.2, 0.25) is 0 Å². The normalized spacial score (nSPS) is 43.7. The van der Waals surface area contributed by atoms with Gasteiger partial charge in [0.1, 0.15) is 0 Å². The monoisotopic (exact) mass is 217 g/mol. The van der Waals surface area contributed by atoms with Gasteiger partial charge in [-0.25, -0.2) is 9.18 Å². The van der Waals surface area contributed by atoms with E-state index in [-0.39, 0.29) is 6.54 Å². The van der Waals surface area contributed by atoms with Crippen molar-refractivity contribution in [3.8, 4) is 0 Å². The van der Waals surface area contributed by atoms with Crippen LogP contribution >= 0.6 is 0 Å². The van der Waals surface area contributed by atoms with Gasteiger partial charge in [-0.1, -0.05) is 0 Å². The molecule has 2 unspecified atom stereocenters. The number of carbonyl (C=O) groups is 1. The van der Waals surface area contributed by atoms with Crippen LogP contribution in [0.5, 0.6) is 0 Å². The first kappa shape index (κ1) is 10.8. The van der Waals surface area contributed by atoms with Crippen molar-refractivity contribution in [1.82, 2.24) is 5.32 Å². The zero-order valence-corrected chi connectivity index (χ0v) is 8.97. The number of hydrogen-bond acceptors (Lipinski definition) is 3. The van der Waals surface area contributed by atoms with Crippen LogP contribution in [0.25, 0.3) is 0 Å². The lowest BCUT2D eigenvalue weighted by atomic mass is 9.65. The Morgan fingerprint density at radius 2 is 2.13 bits per heavy atom. The van der Waals surface area contributed by atoms with Gasteiger partial charge < -0.3 is 15.2 Å². The molecule has 0 aromatic heterocycles. The van der Waals surface area contributed by atoms with E-state index < -0.39 is 22.7 Å². The highest BCUT2D eigenvalue weighted by Gasteiger charge is 2.69. The summed E-state index contributed by atoms with van der Waals surface area (Å²) in [5.74, 6) is -1.38. The van der Waals surface area contributed by atoms with Gasteiger partial charge in [-0.05, 0) is 20.3 Å². The molecule has 0 saturated carbocycles. The van der Waals surface area contributed by atoms with Crippen LogP contribution in [-0.2, 0) is 9.53 Å². The van der Waals surface area contributed by atoms with Gasteiger partial charge in [-0.2, -0.15) is 0 Å². The highest BCUT2D eigenvalue weighted by molar-refractivity contribution is 5.80. The van der Waals surface area contributed by atoms with Crippen LogP contribution in [-0.4, -0.2) is 42.0 Å². The average molecular weight is 217 g/mol. The highest BCUT2D eigenvalue weighted by Crippen LogP contribution is 2.54. The van der Waals surface area contributed by atoms with Crippen molar-refractivity contribution in [2.24, 2.45) is 5.41 Å². The lowest BCUT2D eigenvalue weighted by molar-refractivity contribution is -0.166. The Bertz CT molecular complexity index is 303. The molecule has 0 aromatic carbocycles. The number of hydrogen-bond donors (Lipinski definition) is 2. The van der Waals surface area contributed by atoms with Crippen LogP contribution < -0.4 is 5.32 Å². The number of carboxylic acid groups (broad SMARTS) is 1. The average Bonchev–Trinajstić information content (AvgIpc) is 2.59. The molecule has 2 N–H and O–H groups in total. The molecule has 86 valence electrons. The molecule has 2 aliphatic rings. The SMILES string of the molecule is CC1(C)OCCC12CNCC2(F)C(=O)O. The van der Waals surface area contributed by atoms with Gasteiger partial charge in [0.2, 0.25) is 5.67 Å². The maximum Gasteiger partial charge on any atom is 0.343 e. The summed E-state index contributed by atoms with van der Waals surface area (Å²) in [5.41, 5.74) is -3.89. The van der Waals surface area contributed by atoms with Crippen molar-refractivity contribution in [3.05, 3.63) is 0 Å². The summed E-state index contributed by atoms with van der Waals surface area (Å²) < 4.78 is 20.0. The first-order chi connectivity index (χ1) is 6.86. The van der Waals surface area contributed by atoms with E-state index in [2.05, 4.69) is 5.32 Å². The number of halogens is 1. The third kappa shape index (κ3) is 1.10. The first-order valence-corrected chi connectivity index (χ1v) is 5.13. The lowest BCUT2D eigenvalue weighted by Gasteiger charge is -2.42. The molecule has 5 heteroatoms. The van der Waals surface area contributed by atoms with Gasteiger partial charge in [-0.3, -0.25) is 0 Å². The quantitative estimate of drug-likeness (QED) is 0.674. The summed E-state index contributed by atoms with van der Waals surface area (Å²) in [5, 5.41) is 11.9. The second-order valence-corrected chi connectivity index (χ2v) is 4.90. The molecule has 0 aromatic rings. The number of carboxylic acids is 1. The Kier molecular flexibility index (Phi) is 2.11. The van der Waals surface area contributed by atoms with Crippen LogP contribution in [0, 0.1) is 5.41 Å².